The van der Waals surface area contributed by atoms with Gasteiger partial charge in [0.1, 0.15) is 11.6 Å². The van der Waals surface area contributed by atoms with Gasteiger partial charge in [0.15, 0.2) is 0 Å². The number of fused-ring (bicyclic) bond motifs is 1. The average Bonchev–Trinajstić information content (AvgIpc) is 3.46. The average molecular weight is 492 g/mol. The zero-order valence-corrected chi connectivity index (χ0v) is 19.8. The van der Waals surface area contributed by atoms with E-state index in [4.69, 9.17) is 16.3 Å². The van der Waals surface area contributed by atoms with Crippen LogP contribution in [0.5, 0.6) is 0 Å². The minimum atomic E-state index is -3.87. The van der Waals surface area contributed by atoms with Gasteiger partial charge in [0.25, 0.3) is 0 Å². The summed E-state index contributed by atoms with van der Waals surface area (Å²) in [4.78, 5) is 12.9. The SMILES string of the molecule is COCCCn1nnc2cc(S(=O)(=O)N3CCC[C@@H]3C(=O)NCc3ccc(Cl)cc3)ccc21. The number of nitrogens with one attached hydrogen (secondary N) is 1. The number of hydrogen-bond donors (Lipinski definition) is 1. The standard InChI is InChI=1S/C22H26ClN5O4S/c1-32-13-3-11-27-20-10-9-18(14-19(20)25-26-27)33(30,31)28-12-2-4-21(28)22(29)24-15-16-5-7-17(23)8-6-16/h5-10,14,21H,2-4,11-13,15H2,1H3,(H,24,29)/t21-/m1/s1. The lowest BCUT2D eigenvalue weighted by molar-refractivity contribution is -0.124. The van der Waals surface area contributed by atoms with Gasteiger partial charge in [0.2, 0.25) is 15.9 Å². The highest BCUT2D eigenvalue weighted by Crippen LogP contribution is 2.28. The van der Waals surface area contributed by atoms with Crippen LogP contribution < -0.4 is 5.32 Å². The van der Waals surface area contributed by atoms with Crippen molar-refractivity contribution in [2.45, 2.75) is 43.3 Å². The van der Waals surface area contributed by atoms with Crippen molar-refractivity contribution in [3.8, 4) is 0 Å². The first-order valence-electron chi connectivity index (χ1n) is 10.8. The minimum Gasteiger partial charge on any atom is -0.385 e. The van der Waals surface area contributed by atoms with E-state index in [1.165, 1.54) is 10.4 Å². The Morgan fingerprint density at radius 3 is 2.79 bits per heavy atom. The molecule has 3 aromatic rings. The highest BCUT2D eigenvalue weighted by molar-refractivity contribution is 7.89. The summed E-state index contributed by atoms with van der Waals surface area (Å²) in [6, 6.07) is 11.2. The van der Waals surface area contributed by atoms with Crippen molar-refractivity contribution in [1.82, 2.24) is 24.6 Å². The number of benzene rings is 2. The topological polar surface area (TPSA) is 106 Å². The van der Waals surface area contributed by atoms with Gasteiger partial charge in [-0.2, -0.15) is 4.31 Å². The van der Waals surface area contributed by atoms with Gasteiger partial charge in [-0.05, 0) is 55.2 Å². The molecule has 176 valence electrons. The number of ether oxygens (including phenoxy) is 1. The molecule has 2 aromatic carbocycles. The van der Waals surface area contributed by atoms with E-state index in [1.807, 2.05) is 12.1 Å². The summed E-state index contributed by atoms with van der Waals surface area (Å²) in [6.45, 7) is 1.82. The molecule has 0 spiro atoms. The van der Waals surface area contributed by atoms with Gasteiger partial charge in [0, 0.05) is 38.4 Å². The van der Waals surface area contributed by atoms with E-state index < -0.39 is 16.1 Å². The lowest BCUT2D eigenvalue weighted by atomic mass is 10.2. The lowest BCUT2D eigenvalue weighted by Gasteiger charge is -2.23. The van der Waals surface area contributed by atoms with Gasteiger partial charge in [-0.25, -0.2) is 13.1 Å². The van der Waals surface area contributed by atoms with E-state index in [9.17, 15) is 13.2 Å². The third kappa shape index (κ3) is 5.19. The zero-order chi connectivity index (χ0) is 23.4. The van der Waals surface area contributed by atoms with Gasteiger partial charge < -0.3 is 10.1 Å². The first kappa shape index (κ1) is 23.6. The summed E-state index contributed by atoms with van der Waals surface area (Å²) in [7, 11) is -2.23. The fourth-order valence-electron chi connectivity index (χ4n) is 3.97. The normalized spacial score (nSPS) is 17.0. The molecule has 9 nitrogen and oxygen atoms in total. The van der Waals surface area contributed by atoms with E-state index in [0.29, 0.717) is 49.6 Å². The Labute approximate surface area is 197 Å². The second-order valence-electron chi connectivity index (χ2n) is 7.93. The Balaban J connectivity index is 1.48. The number of aryl methyl sites for hydroxylation is 1. The van der Waals surface area contributed by atoms with E-state index in [1.54, 1.807) is 36.1 Å². The Morgan fingerprint density at radius 1 is 1.24 bits per heavy atom. The Morgan fingerprint density at radius 2 is 2.03 bits per heavy atom. The lowest BCUT2D eigenvalue weighted by Crippen LogP contribution is -2.45. The number of halogens is 1. The molecular formula is C22H26ClN5O4S. The van der Waals surface area contributed by atoms with E-state index in [2.05, 4.69) is 15.6 Å². The van der Waals surface area contributed by atoms with Crippen LogP contribution in [0.4, 0.5) is 0 Å². The third-order valence-corrected chi connectivity index (χ3v) is 7.85. The molecule has 4 rings (SSSR count). The van der Waals surface area contributed by atoms with Gasteiger partial charge in [-0.3, -0.25) is 4.79 Å². The molecule has 0 radical (unpaired) electrons. The Kier molecular flexibility index (Phi) is 7.28. The van der Waals surface area contributed by atoms with Crippen LogP contribution >= 0.6 is 11.6 Å². The van der Waals surface area contributed by atoms with Crippen LogP contribution in [0.15, 0.2) is 47.4 Å². The van der Waals surface area contributed by atoms with Crippen molar-refractivity contribution >= 4 is 38.6 Å². The van der Waals surface area contributed by atoms with Gasteiger partial charge >= 0.3 is 0 Å². The molecule has 33 heavy (non-hydrogen) atoms. The third-order valence-electron chi connectivity index (χ3n) is 5.70. The number of carbonyl (C=O) groups excluding carboxylic acids is 1. The van der Waals surface area contributed by atoms with Gasteiger partial charge in [0.05, 0.1) is 10.4 Å². The maximum atomic E-state index is 13.4. The molecular weight excluding hydrogens is 466 g/mol. The second-order valence-corrected chi connectivity index (χ2v) is 10.3. The van der Waals surface area contributed by atoms with Crippen LogP contribution in [-0.4, -0.2) is 59.9 Å². The highest BCUT2D eigenvalue weighted by atomic mass is 35.5. The van der Waals surface area contributed by atoms with Crippen LogP contribution in [-0.2, 0) is 32.6 Å². The first-order valence-corrected chi connectivity index (χ1v) is 12.6. The highest BCUT2D eigenvalue weighted by Gasteiger charge is 2.39. The fraction of sp³-hybridized carbons (Fsp3) is 0.409. The summed E-state index contributed by atoms with van der Waals surface area (Å²) in [5.41, 5.74) is 2.14. The van der Waals surface area contributed by atoms with E-state index in [0.717, 1.165) is 17.5 Å². The number of hydrogen-bond acceptors (Lipinski definition) is 6. The minimum absolute atomic E-state index is 0.108. The maximum Gasteiger partial charge on any atom is 0.243 e. The molecule has 11 heteroatoms. The summed E-state index contributed by atoms with van der Waals surface area (Å²) in [5, 5.41) is 11.7. The number of sulfonamides is 1. The number of carbonyl (C=O) groups is 1. The molecule has 1 aromatic heterocycles. The monoisotopic (exact) mass is 491 g/mol. The molecule has 0 bridgehead atoms. The largest absolute Gasteiger partial charge is 0.385 e. The number of rotatable bonds is 9. The molecule has 1 N–H and O–H groups in total. The van der Waals surface area contributed by atoms with Crippen molar-refractivity contribution in [3.63, 3.8) is 0 Å². The van der Waals surface area contributed by atoms with Crippen LogP contribution in [0.2, 0.25) is 5.02 Å². The molecule has 1 fully saturated rings. The first-order chi connectivity index (χ1) is 15.9. The number of nitrogens with zero attached hydrogens (tertiary/aromatic N) is 4. The van der Waals surface area contributed by atoms with Gasteiger partial charge in [-0.1, -0.05) is 28.9 Å². The summed E-state index contributed by atoms with van der Waals surface area (Å²) in [5.74, 6) is -0.309. The molecule has 1 amide bonds. The van der Waals surface area contributed by atoms with Crippen LogP contribution in [0.3, 0.4) is 0 Å². The molecule has 1 aliphatic heterocycles. The van der Waals surface area contributed by atoms with Crippen LogP contribution in [0.25, 0.3) is 11.0 Å². The zero-order valence-electron chi connectivity index (χ0n) is 18.3. The predicted octanol–water partition coefficient (Wildman–Crippen LogP) is 2.59. The summed E-state index contributed by atoms with van der Waals surface area (Å²) in [6.07, 6.45) is 1.87. The predicted molar refractivity (Wildman–Crippen MR) is 124 cm³/mol. The molecule has 0 saturated carbocycles. The number of aromatic nitrogens is 3. The number of amides is 1. The van der Waals surface area contributed by atoms with E-state index in [-0.39, 0.29) is 10.8 Å². The van der Waals surface area contributed by atoms with Crippen molar-refractivity contribution in [3.05, 3.63) is 53.1 Å². The van der Waals surface area contributed by atoms with Crippen molar-refractivity contribution in [2.75, 3.05) is 20.3 Å². The maximum absolute atomic E-state index is 13.4. The Bertz CT molecular complexity index is 1230. The molecule has 1 aliphatic rings. The molecule has 1 saturated heterocycles. The van der Waals surface area contributed by atoms with Crippen molar-refractivity contribution in [2.24, 2.45) is 0 Å². The Hall–Kier alpha value is -2.53. The van der Waals surface area contributed by atoms with E-state index >= 15 is 0 Å². The number of methoxy groups -OCH3 is 1. The summed E-state index contributed by atoms with van der Waals surface area (Å²) >= 11 is 5.90. The quantitative estimate of drug-likeness (QED) is 0.461. The van der Waals surface area contributed by atoms with Crippen molar-refractivity contribution in [1.29, 1.82) is 0 Å². The fourth-order valence-corrected chi connectivity index (χ4v) is 5.77. The summed E-state index contributed by atoms with van der Waals surface area (Å²) < 4.78 is 34.8. The molecule has 1 atom stereocenters. The van der Waals surface area contributed by atoms with Gasteiger partial charge in [-0.15, -0.1) is 5.10 Å². The smallest absolute Gasteiger partial charge is 0.243 e. The van der Waals surface area contributed by atoms with Crippen molar-refractivity contribution < 1.29 is 17.9 Å². The van der Waals surface area contributed by atoms with Crippen LogP contribution in [0.1, 0.15) is 24.8 Å². The molecule has 0 unspecified atom stereocenters. The molecule has 0 aliphatic carbocycles. The molecule has 2 heterocycles. The van der Waals surface area contributed by atoms with Crippen LogP contribution in [0, 0.1) is 0 Å². The second kappa shape index (κ2) is 10.2.